The number of nitrogens with two attached hydrogens (primary N) is 1. The molecule has 0 aromatic heterocycles. The lowest BCUT2D eigenvalue weighted by Crippen LogP contribution is -2.15. The van der Waals surface area contributed by atoms with Gasteiger partial charge in [0.2, 0.25) is 10.0 Å². The minimum Gasteiger partial charge on any atom is -0.224 e. The molecular weight excluding hydrogens is 261 g/mol. The van der Waals surface area contributed by atoms with E-state index in [1.807, 2.05) is 0 Å². The van der Waals surface area contributed by atoms with Crippen LogP contribution in [0.25, 0.3) is 0 Å². The normalized spacial score (nSPS) is 11.7. The van der Waals surface area contributed by atoms with Gasteiger partial charge in [0.1, 0.15) is 10.7 Å². The van der Waals surface area contributed by atoms with E-state index in [0.717, 1.165) is 0 Å². The van der Waals surface area contributed by atoms with Crippen LogP contribution in [0.15, 0.2) is 21.5 Å². The van der Waals surface area contributed by atoms with Crippen LogP contribution in [0, 0.1) is 12.7 Å². The van der Waals surface area contributed by atoms with Gasteiger partial charge in [0, 0.05) is 4.47 Å². The van der Waals surface area contributed by atoms with E-state index in [4.69, 9.17) is 5.14 Å². The van der Waals surface area contributed by atoms with Gasteiger partial charge in [0.05, 0.1) is 0 Å². The van der Waals surface area contributed by atoms with E-state index in [0.29, 0.717) is 0 Å². The molecule has 0 radical (unpaired) electrons. The summed E-state index contributed by atoms with van der Waals surface area (Å²) in [6, 6.07) is 2.91. The Labute approximate surface area is 83.9 Å². The van der Waals surface area contributed by atoms with Crippen molar-refractivity contribution in [2.24, 2.45) is 5.14 Å². The smallest absolute Gasteiger partial charge is 0.224 e. The zero-order valence-electron chi connectivity index (χ0n) is 6.71. The van der Waals surface area contributed by atoms with Gasteiger partial charge in [-0.15, -0.1) is 0 Å². The zero-order chi connectivity index (χ0) is 10.2. The first-order valence-electron chi connectivity index (χ1n) is 3.31. The maximum absolute atomic E-state index is 13.3. The minimum atomic E-state index is -4.01. The van der Waals surface area contributed by atoms with Gasteiger partial charge in [-0.05, 0) is 34.5 Å². The first kappa shape index (κ1) is 10.6. The Bertz CT molecular complexity index is 444. The fraction of sp³-hybridized carbons (Fsp3) is 0.143. The van der Waals surface area contributed by atoms with Crippen molar-refractivity contribution in [2.45, 2.75) is 11.8 Å². The van der Waals surface area contributed by atoms with E-state index in [1.54, 1.807) is 0 Å². The van der Waals surface area contributed by atoms with Crippen molar-refractivity contribution < 1.29 is 12.8 Å². The minimum absolute atomic E-state index is 0.137. The van der Waals surface area contributed by atoms with Crippen LogP contribution in [0.1, 0.15) is 5.56 Å². The molecular formula is C7H7BrFNO2S. The predicted molar refractivity (Wildman–Crippen MR) is 50.2 cm³/mol. The van der Waals surface area contributed by atoms with E-state index in [9.17, 15) is 12.8 Å². The molecule has 1 rings (SSSR count). The Morgan fingerprint density at radius 3 is 2.38 bits per heavy atom. The van der Waals surface area contributed by atoms with Gasteiger partial charge in [-0.1, -0.05) is 6.07 Å². The lowest BCUT2D eigenvalue weighted by Gasteiger charge is -2.05. The molecule has 0 aliphatic rings. The summed E-state index contributed by atoms with van der Waals surface area (Å²) in [5, 5.41) is 4.83. The molecule has 0 atom stereocenters. The number of sulfonamides is 1. The van der Waals surface area contributed by atoms with Crippen molar-refractivity contribution >= 4 is 26.0 Å². The summed E-state index contributed by atoms with van der Waals surface area (Å²) in [5.41, 5.74) is 0.243. The van der Waals surface area contributed by atoms with E-state index in [-0.39, 0.29) is 10.0 Å². The summed E-state index contributed by atoms with van der Waals surface area (Å²) in [5.74, 6) is -0.808. The summed E-state index contributed by atoms with van der Waals surface area (Å²) in [6.45, 7) is 1.47. The van der Waals surface area contributed by atoms with Gasteiger partial charge < -0.3 is 0 Å². The fourth-order valence-corrected chi connectivity index (χ4v) is 2.63. The van der Waals surface area contributed by atoms with Crippen molar-refractivity contribution in [3.8, 4) is 0 Å². The van der Waals surface area contributed by atoms with Crippen LogP contribution in [0.5, 0.6) is 0 Å². The molecule has 0 amide bonds. The Balaban J connectivity index is 3.62. The maximum Gasteiger partial charge on any atom is 0.242 e. The number of primary sulfonamides is 1. The number of benzene rings is 1. The van der Waals surface area contributed by atoms with Crippen LogP contribution in [0.4, 0.5) is 4.39 Å². The van der Waals surface area contributed by atoms with Crippen LogP contribution in [-0.4, -0.2) is 8.42 Å². The Morgan fingerprint density at radius 1 is 1.46 bits per heavy atom. The molecule has 13 heavy (non-hydrogen) atoms. The van der Waals surface area contributed by atoms with E-state index in [2.05, 4.69) is 15.9 Å². The van der Waals surface area contributed by atoms with Crippen LogP contribution in [0.3, 0.4) is 0 Å². The first-order valence-corrected chi connectivity index (χ1v) is 5.65. The molecule has 0 aliphatic heterocycles. The average molecular weight is 268 g/mol. The van der Waals surface area contributed by atoms with Gasteiger partial charge >= 0.3 is 0 Å². The lowest BCUT2D eigenvalue weighted by atomic mass is 10.2. The molecule has 0 aliphatic carbocycles. The van der Waals surface area contributed by atoms with Crippen molar-refractivity contribution in [1.29, 1.82) is 0 Å². The molecule has 0 fully saturated rings. The van der Waals surface area contributed by atoms with Gasteiger partial charge in [-0.25, -0.2) is 17.9 Å². The van der Waals surface area contributed by atoms with E-state index < -0.39 is 20.7 Å². The monoisotopic (exact) mass is 267 g/mol. The second-order valence-corrected chi connectivity index (χ2v) is 4.91. The van der Waals surface area contributed by atoms with Crippen LogP contribution in [0.2, 0.25) is 0 Å². The van der Waals surface area contributed by atoms with Gasteiger partial charge in [0.15, 0.2) is 0 Å². The fourth-order valence-electron chi connectivity index (χ4n) is 0.892. The molecule has 0 saturated carbocycles. The van der Waals surface area contributed by atoms with Crippen LogP contribution in [-0.2, 0) is 10.0 Å². The van der Waals surface area contributed by atoms with Crippen molar-refractivity contribution in [3.05, 3.63) is 28.0 Å². The SMILES string of the molecule is Cc1ccc(Br)c(S(N)(=O)=O)c1F. The van der Waals surface area contributed by atoms with Crippen molar-refractivity contribution in [2.75, 3.05) is 0 Å². The lowest BCUT2D eigenvalue weighted by molar-refractivity contribution is 0.561. The largest absolute Gasteiger partial charge is 0.242 e. The highest BCUT2D eigenvalue weighted by Gasteiger charge is 2.19. The Kier molecular flexibility index (Phi) is 2.74. The number of hydrogen-bond donors (Lipinski definition) is 1. The molecule has 0 saturated heterocycles. The third kappa shape index (κ3) is 2.07. The zero-order valence-corrected chi connectivity index (χ0v) is 9.12. The molecule has 1 aromatic carbocycles. The topological polar surface area (TPSA) is 60.2 Å². The van der Waals surface area contributed by atoms with Gasteiger partial charge in [-0.2, -0.15) is 0 Å². The summed E-state index contributed by atoms with van der Waals surface area (Å²) in [7, 11) is -4.01. The summed E-state index contributed by atoms with van der Waals surface area (Å²) < 4.78 is 35.3. The molecule has 0 spiro atoms. The number of halogens is 2. The highest BCUT2D eigenvalue weighted by atomic mass is 79.9. The van der Waals surface area contributed by atoms with Gasteiger partial charge in [0.25, 0.3) is 0 Å². The predicted octanol–water partition coefficient (Wildman–Crippen LogP) is 1.54. The van der Waals surface area contributed by atoms with E-state index >= 15 is 0 Å². The van der Waals surface area contributed by atoms with Crippen molar-refractivity contribution in [1.82, 2.24) is 0 Å². The molecule has 0 bridgehead atoms. The first-order chi connectivity index (χ1) is 5.84. The molecule has 3 nitrogen and oxygen atoms in total. The van der Waals surface area contributed by atoms with Crippen LogP contribution >= 0.6 is 15.9 Å². The third-order valence-electron chi connectivity index (χ3n) is 1.53. The number of rotatable bonds is 1. The second-order valence-electron chi connectivity index (χ2n) is 2.55. The Morgan fingerprint density at radius 2 is 2.00 bits per heavy atom. The standard InChI is InChI=1S/C7H7BrFNO2S/c1-4-2-3-5(8)7(6(4)9)13(10,11)12/h2-3H,1H3,(H2,10,11,12). The average Bonchev–Trinajstić information content (AvgIpc) is 1.95. The second kappa shape index (κ2) is 3.36. The maximum atomic E-state index is 13.3. The molecule has 1 aromatic rings. The number of aryl methyl sites for hydroxylation is 1. The molecule has 0 unspecified atom stereocenters. The quantitative estimate of drug-likeness (QED) is 0.839. The summed E-state index contributed by atoms with van der Waals surface area (Å²) >= 11 is 2.92. The Hall–Kier alpha value is -0.460. The van der Waals surface area contributed by atoms with E-state index in [1.165, 1.54) is 19.1 Å². The summed E-state index contributed by atoms with van der Waals surface area (Å²) in [6.07, 6.45) is 0. The number of hydrogen-bond acceptors (Lipinski definition) is 2. The summed E-state index contributed by atoms with van der Waals surface area (Å²) in [4.78, 5) is -0.493. The molecule has 2 N–H and O–H groups in total. The highest BCUT2D eigenvalue weighted by molar-refractivity contribution is 9.10. The van der Waals surface area contributed by atoms with Crippen molar-refractivity contribution in [3.63, 3.8) is 0 Å². The third-order valence-corrected chi connectivity index (χ3v) is 3.42. The van der Waals surface area contributed by atoms with Gasteiger partial charge in [-0.3, -0.25) is 0 Å². The molecule has 72 valence electrons. The molecule has 0 heterocycles. The molecule has 6 heteroatoms. The highest BCUT2D eigenvalue weighted by Crippen LogP contribution is 2.25. The van der Waals surface area contributed by atoms with Crippen LogP contribution < -0.4 is 5.14 Å².